The number of amides is 1. The number of aliphatic carboxylic acids is 1. The van der Waals surface area contributed by atoms with Gasteiger partial charge in [0.1, 0.15) is 12.2 Å². The monoisotopic (exact) mass is 302 g/mol. The van der Waals surface area contributed by atoms with Gasteiger partial charge in [-0.25, -0.2) is 0 Å². The molecule has 0 saturated heterocycles. The number of nitrogens with one attached hydrogen (secondary N) is 1. The molecule has 0 fully saturated rings. The number of carbonyl (C=O) groups is 2. The SMILES string of the molecule is CC(C)C(O)c1c(C(=O)NCC(=O)O)ncc2ccccc12. The zero-order valence-electron chi connectivity index (χ0n) is 12.4. The first-order chi connectivity index (χ1) is 10.4. The third-order valence-electron chi connectivity index (χ3n) is 3.38. The van der Waals surface area contributed by atoms with Gasteiger partial charge in [0.15, 0.2) is 0 Å². The Balaban J connectivity index is 2.55. The summed E-state index contributed by atoms with van der Waals surface area (Å²) in [7, 11) is 0. The molecule has 0 spiro atoms. The number of carboxylic acid groups (broad SMARTS) is 1. The van der Waals surface area contributed by atoms with Crippen molar-refractivity contribution in [2.24, 2.45) is 5.92 Å². The van der Waals surface area contributed by atoms with E-state index in [1.54, 1.807) is 6.20 Å². The van der Waals surface area contributed by atoms with Crippen LogP contribution < -0.4 is 5.32 Å². The first-order valence-corrected chi connectivity index (χ1v) is 6.97. The Morgan fingerprint density at radius 2 is 1.95 bits per heavy atom. The van der Waals surface area contributed by atoms with Crippen molar-refractivity contribution in [3.05, 3.63) is 41.7 Å². The quantitative estimate of drug-likeness (QED) is 0.781. The molecule has 2 rings (SSSR count). The molecule has 22 heavy (non-hydrogen) atoms. The Labute approximate surface area is 127 Å². The predicted octanol–water partition coefficient (Wildman–Crippen LogP) is 1.74. The summed E-state index contributed by atoms with van der Waals surface area (Å²) in [5.74, 6) is -1.86. The molecular formula is C16H18N2O4. The molecule has 6 nitrogen and oxygen atoms in total. The van der Waals surface area contributed by atoms with Gasteiger partial charge in [0, 0.05) is 17.1 Å². The second-order valence-corrected chi connectivity index (χ2v) is 5.37. The fraction of sp³-hybridized carbons (Fsp3) is 0.312. The zero-order chi connectivity index (χ0) is 16.3. The first-order valence-electron chi connectivity index (χ1n) is 6.97. The van der Waals surface area contributed by atoms with Crippen LogP contribution in [0.1, 0.15) is 36.0 Å². The van der Waals surface area contributed by atoms with Crippen LogP contribution in [0.25, 0.3) is 10.8 Å². The highest BCUT2D eigenvalue weighted by Crippen LogP contribution is 2.30. The number of pyridine rings is 1. The number of fused-ring (bicyclic) bond motifs is 1. The predicted molar refractivity (Wildman–Crippen MR) is 81.5 cm³/mol. The molecule has 1 heterocycles. The van der Waals surface area contributed by atoms with Gasteiger partial charge in [0.05, 0.1) is 6.10 Å². The fourth-order valence-electron chi connectivity index (χ4n) is 2.24. The van der Waals surface area contributed by atoms with E-state index in [9.17, 15) is 14.7 Å². The van der Waals surface area contributed by atoms with Crippen molar-refractivity contribution in [2.75, 3.05) is 6.54 Å². The number of benzene rings is 1. The number of carboxylic acids is 1. The van der Waals surface area contributed by atoms with Crippen LogP contribution in [0.4, 0.5) is 0 Å². The number of hydrogen-bond acceptors (Lipinski definition) is 4. The lowest BCUT2D eigenvalue weighted by molar-refractivity contribution is -0.135. The molecule has 0 aliphatic carbocycles. The number of rotatable bonds is 5. The highest BCUT2D eigenvalue weighted by molar-refractivity contribution is 6.00. The topological polar surface area (TPSA) is 99.5 Å². The summed E-state index contributed by atoms with van der Waals surface area (Å²) in [6.45, 7) is 3.18. The van der Waals surface area contributed by atoms with Gasteiger partial charge in [-0.3, -0.25) is 14.6 Å². The summed E-state index contributed by atoms with van der Waals surface area (Å²) in [6, 6.07) is 7.32. The second kappa shape index (κ2) is 6.53. The van der Waals surface area contributed by atoms with E-state index >= 15 is 0 Å². The second-order valence-electron chi connectivity index (χ2n) is 5.37. The smallest absolute Gasteiger partial charge is 0.322 e. The summed E-state index contributed by atoms with van der Waals surface area (Å²) in [5.41, 5.74) is 0.483. The highest BCUT2D eigenvalue weighted by atomic mass is 16.4. The van der Waals surface area contributed by atoms with E-state index < -0.39 is 24.5 Å². The maximum atomic E-state index is 12.2. The van der Waals surface area contributed by atoms with E-state index in [1.165, 1.54) is 0 Å². The molecule has 0 aliphatic rings. The van der Waals surface area contributed by atoms with Crippen LogP contribution in [-0.4, -0.2) is 33.6 Å². The number of hydrogen-bond donors (Lipinski definition) is 3. The molecule has 0 aliphatic heterocycles. The lowest BCUT2D eigenvalue weighted by Gasteiger charge is -2.19. The Morgan fingerprint density at radius 3 is 2.59 bits per heavy atom. The number of aliphatic hydroxyl groups excluding tert-OH is 1. The highest BCUT2D eigenvalue weighted by Gasteiger charge is 2.24. The molecule has 0 saturated carbocycles. The van der Waals surface area contributed by atoms with Crippen LogP contribution in [0, 0.1) is 5.92 Å². The molecule has 3 N–H and O–H groups in total. The Kier molecular flexibility index (Phi) is 4.72. The van der Waals surface area contributed by atoms with Gasteiger partial charge < -0.3 is 15.5 Å². The third kappa shape index (κ3) is 3.23. The fourth-order valence-corrected chi connectivity index (χ4v) is 2.24. The minimum Gasteiger partial charge on any atom is -0.480 e. The van der Waals surface area contributed by atoms with Gasteiger partial charge in [0.2, 0.25) is 0 Å². The lowest BCUT2D eigenvalue weighted by atomic mass is 9.93. The minimum atomic E-state index is -1.14. The van der Waals surface area contributed by atoms with Crippen molar-refractivity contribution in [1.82, 2.24) is 10.3 Å². The van der Waals surface area contributed by atoms with Gasteiger partial charge >= 0.3 is 5.97 Å². The maximum absolute atomic E-state index is 12.2. The largest absolute Gasteiger partial charge is 0.480 e. The van der Waals surface area contributed by atoms with Crippen molar-refractivity contribution >= 4 is 22.6 Å². The van der Waals surface area contributed by atoms with Crippen LogP contribution >= 0.6 is 0 Å². The Hall–Kier alpha value is -2.47. The van der Waals surface area contributed by atoms with E-state index in [4.69, 9.17) is 5.11 Å². The van der Waals surface area contributed by atoms with Crippen LogP contribution in [-0.2, 0) is 4.79 Å². The molecule has 1 aromatic heterocycles. The van der Waals surface area contributed by atoms with Crippen molar-refractivity contribution in [2.45, 2.75) is 20.0 Å². The maximum Gasteiger partial charge on any atom is 0.322 e. The summed E-state index contributed by atoms with van der Waals surface area (Å²) >= 11 is 0. The van der Waals surface area contributed by atoms with E-state index in [1.807, 2.05) is 38.1 Å². The minimum absolute atomic E-state index is 0.0566. The van der Waals surface area contributed by atoms with Crippen LogP contribution in [0.15, 0.2) is 30.5 Å². The van der Waals surface area contributed by atoms with E-state index in [2.05, 4.69) is 10.3 Å². The summed E-state index contributed by atoms with van der Waals surface area (Å²) < 4.78 is 0. The molecule has 0 bridgehead atoms. The average Bonchev–Trinajstić information content (AvgIpc) is 2.50. The van der Waals surface area contributed by atoms with Crippen LogP contribution in [0.5, 0.6) is 0 Å². The normalized spacial score (nSPS) is 12.4. The summed E-state index contributed by atoms with van der Waals surface area (Å²) in [5, 5.41) is 23.0. The van der Waals surface area contributed by atoms with Gasteiger partial charge in [0.25, 0.3) is 5.91 Å². The molecule has 1 amide bonds. The van der Waals surface area contributed by atoms with Gasteiger partial charge in [-0.15, -0.1) is 0 Å². The molecule has 0 radical (unpaired) electrons. The molecule has 1 aromatic carbocycles. The Morgan fingerprint density at radius 1 is 1.27 bits per heavy atom. The Bertz CT molecular complexity index is 712. The molecule has 116 valence electrons. The first kappa shape index (κ1) is 15.9. The van der Waals surface area contributed by atoms with Gasteiger partial charge in [-0.2, -0.15) is 0 Å². The number of carbonyl (C=O) groups excluding carboxylic acids is 1. The van der Waals surface area contributed by atoms with Gasteiger partial charge in [-0.05, 0) is 11.3 Å². The van der Waals surface area contributed by atoms with Crippen molar-refractivity contribution in [3.63, 3.8) is 0 Å². The van der Waals surface area contributed by atoms with E-state index in [0.29, 0.717) is 5.56 Å². The summed E-state index contributed by atoms with van der Waals surface area (Å²) in [6.07, 6.45) is 0.672. The lowest BCUT2D eigenvalue weighted by Crippen LogP contribution is -2.31. The van der Waals surface area contributed by atoms with E-state index in [0.717, 1.165) is 10.8 Å². The van der Waals surface area contributed by atoms with Crippen molar-refractivity contribution in [1.29, 1.82) is 0 Å². The number of aromatic nitrogens is 1. The van der Waals surface area contributed by atoms with Crippen LogP contribution in [0.3, 0.4) is 0 Å². The number of aliphatic hydroxyl groups is 1. The summed E-state index contributed by atoms with van der Waals surface area (Å²) in [4.78, 5) is 26.9. The molecule has 2 aromatic rings. The standard InChI is InChI=1S/C16H18N2O4/c1-9(2)15(21)13-11-6-4-3-5-10(11)7-17-14(13)16(22)18-8-12(19)20/h3-7,9,15,21H,8H2,1-2H3,(H,18,22)(H,19,20). The zero-order valence-corrected chi connectivity index (χ0v) is 12.4. The molecule has 6 heteroatoms. The van der Waals surface area contributed by atoms with E-state index in [-0.39, 0.29) is 11.6 Å². The van der Waals surface area contributed by atoms with Gasteiger partial charge in [-0.1, -0.05) is 38.1 Å². The average molecular weight is 302 g/mol. The van der Waals surface area contributed by atoms with Crippen LogP contribution in [0.2, 0.25) is 0 Å². The van der Waals surface area contributed by atoms with Crippen molar-refractivity contribution in [3.8, 4) is 0 Å². The van der Waals surface area contributed by atoms with Crippen molar-refractivity contribution < 1.29 is 19.8 Å². The molecular weight excluding hydrogens is 284 g/mol. The number of nitrogens with zero attached hydrogens (tertiary/aromatic N) is 1. The molecule has 1 atom stereocenters. The molecule has 1 unspecified atom stereocenters. The third-order valence-corrected chi connectivity index (χ3v) is 3.38.